The van der Waals surface area contributed by atoms with Crippen LogP contribution in [0.2, 0.25) is 0 Å². The maximum Gasteiger partial charge on any atom is 0.259 e. The molecule has 2 N–H and O–H groups in total. The Morgan fingerprint density at radius 3 is 2.56 bits per heavy atom. The molecule has 0 bridgehead atoms. The summed E-state index contributed by atoms with van der Waals surface area (Å²) in [6.45, 7) is 0. The third-order valence-electron chi connectivity index (χ3n) is 5.60. The standard InChI is InChI=1S/C21H12N2O4/c24-13-7-3-6-12-15(13)16-18-17(20(25)22-21(18)26)14-10-5-2-1-4-9(10)8-11(14)19(16)23(12)27/h1-7,24,27H,8H2,(H,22,25,26)/p-1. The molecule has 0 saturated carbocycles. The van der Waals surface area contributed by atoms with Crippen LogP contribution in [0.1, 0.15) is 31.8 Å². The lowest BCUT2D eigenvalue weighted by Gasteiger charge is -2.11. The fourth-order valence-electron chi connectivity index (χ4n) is 4.59. The first-order valence-electron chi connectivity index (χ1n) is 8.54. The molecule has 2 amide bonds. The SMILES string of the molecule is O=C1NC(=O)c2c1c1c(c3c2c2c([O-])cccc2n3O)Cc2ccccc2-1. The fourth-order valence-corrected chi connectivity index (χ4v) is 4.59. The van der Waals surface area contributed by atoms with Gasteiger partial charge in [0.2, 0.25) is 0 Å². The second kappa shape index (κ2) is 4.48. The van der Waals surface area contributed by atoms with Gasteiger partial charge in [-0.15, -0.1) is 0 Å². The van der Waals surface area contributed by atoms with Gasteiger partial charge in [0.05, 0.1) is 22.2 Å². The monoisotopic (exact) mass is 355 g/mol. The van der Waals surface area contributed by atoms with Crippen molar-refractivity contribution >= 4 is 33.6 Å². The van der Waals surface area contributed by atoms with Gasteiger partial charge in [-0.3, -0.25) is 14.9 Å². The fraction of sp³-hybridized carbons (Fsp3) is 0.0476. The second-order valence-corrected chi connectivity index (χ2v) is 6.91. The molecule has 0 fully saturated rings. The van der Waals surface area contributed by atoms with E-state index in [9.17, 15) is 19.9 Å². The lowest BCUT2D eigenvalue weighted by Crippen LogP contribution is -2.20. The average molecular weight is 355 g/mol. The normalized spacial score (nSPS) is 14.5. The van der Waals surface area contributed by atoms with E-state index in [2.05, 4.69) is 5.32 Å². The molecule has 0 atom stereocenters. The summed E-state index contributed by atoms with van der Waals surface area (Å²) in [4.78, 5) is 25.3. The van der Waals surface area contributed by atoms with E-state index < -0.39 is 11.8 Å². The second-order valence-electron chi connectivity index (χ2n) is 6.91. The van der Waals surface area contributed by atoms with Gasteiger partial charge in [-0.1, -0.05) is 42.1 Å². The zero-order chi connectivity index (χ0) is 18.4. The van der Waals surface area contributed by atoms with Crippen molar-refractivity contribution in [1.82, 2.24) is 10.0 Å². The van der Waals surface area contributed by atoms with Gasteiger partial charge >= 0.3 is 0 Å². The molecule has 1 aliphatic heterocycles. The van der Waals surface area contributed by atoms with Crippen LogP contribution in [0, 0.1) is 0 Å². The van der Waals surface area contributed by atoms with Crippen molar-refractivity contribution in [2.24, 2.45) is 0 Å². The van der Waals surface area contributed by atoms with E-state index in [1.165, 1.54) is 6.07 Å². The third-order valence-corrected chi connectivity index (χ3v) is 5.60. The number of benzene rings is 3. The van der Waals surface area contributed by atoms with Crippen LogP contribution >= 0.6 is 0 Å². The molecule has 2 aliphatic rings. The van der Waals surface area contributed by atoms with E-state index in [1.807, 2.05) is 24.3 Å². The van der Waals surface area contributed by atoms with E-state index in [0.717, 1.165) is 21.4 Å². The van der Waals surface area contributed by atoms with Crippen LogP contribution in [0.4, 0.5) is 0 Å². The Bertz CT molecular complexity index is 1380. The summed E-state index contributed by atoms with van der Waals surface area (Å²) in [5.41, 5.74) is 4.54. The van der Waals surface area contributed by atoms with Gasteiger partial charge in [-0.05, 0) is 22.8 Å². The molecular weight excluding hydrogens is 344 g/mol. The number of nitrogens with zero attached hydrogens (tertiary/aromatic N) is 1. The topological polar surface area (TPSA) is 94.4 Å². The molecule has 130 valence electrons. The Hall–Kier alpha value is -3.80. The van der Waals surface area contributed by atoms with Crippen LogP contribution in [0.5, 0.6) is 5.75 Å². The Morgan fingerprint density at radius 2 is 1.70 bits per heavy atom. The minimum atomic E-state index is -0.539. The van der Waals surface area contributed by atoms with E-state index in [-0.39, 0.29) is 16.7 Å². The predicted octanol–water partition coefficient (Wildman–Crippen LogP) is 2.56. The van der Waals surface area contributed by atoms with Crippen LogP contribution in [-0.4, -0.2) is 21.8 Å². The maximum atomic E-state index is 12.6. The van der Waals surface area contributed by atoms with Gasteiger partial charge in [0, 0.05) is 22.8 Å². The highest BCUT2D eigenvalue weighted by Gasteiger charge is 2.39. The van der Waals surface area contributed by atoms with Crippen molar-refractivity contribution in [3.05, 3.63) is 64.7 Å². The highest BCUT2D eigenvalue weighted by molar-refractivity contribution is 6.34. The molecule has 6 nitrogen and oxygen atoms in total. The molecule has 4 aromatic rings. The molecule has 0 saturated heterocycles. The van der Waals surface area contributed by atoms with Crippen molar-refractivity contribution < 1.29 is 19.9 Å². The smallest absolute Gasteiger partial charge is 0.259 e. The first-order chi connectivity index (χ1) is 13.1. The molecule has 1 aromatic heterocycles. The first-order valence-corrected chi connectivity index (χ1v) is 8.54. The van der Waals surface area contributed by atoms with Gasteiger partial charge in [-0.2, -0.15) is 4.73 Å². The van der Waals surface area contributed by atoms with Gasteiger partial charge in [0.25, 0.3) is 11.8 Å². The maximum absolute atomic E-state index is 12.6. The number of fused-ring (bicyclic) bond motifs is 10. The van der Waals surface area contributed by atoms with Gasteiger partial charge in [-0.25, -0.2) is 0 Å². The molecule has 6 heteroatoms. The Kier molecular flexibility index (Phi) is 2.38. The van der Waals surface area contributed by atoms with Crippen LogP contribution in [0.15, 0.2) is 42.5 Å². The summed E-state index contributed by atoms with van der Waals surface area (Å²) in [5, 5.41) is 26.4. The average Bonchev–Trinajstić information content (AvgIpc) is 3.26. The van der Waals surface area contributed by atoms with Crippen molar-refractivity contribution in [2.45, 2.75) is 6.42 Å². The summed E-state index contributed by atoms with van der Waals surface area (Å²) >= 11 is 0. The Balaban J connectivity index is 1.96. The van der Waals surface area contributed by atoms with Crippen molar-refractivity contribution in [2.75, 3.05) is 0 Å². The van der Waals surface area contributed by atoms with Crippen LogP contribution in [0.3, 0.4) is 0 Å². The van der Waals surface area contributed by atoms with Crippen LogP contribution in [-0.2, 0) is 6.42 Å². The number of hydrogen-bond acceptors (Lipinski definition) is 4. The van der Waals surface area contributed by atoms with E-state index in [4.69, 9.17) is 0 Å². The van der Waals surface area contributed by atoms with Gasteiger partial charge in [0.1, 0.15) is 0 Å². The van der Waals surface area contributed by atoms with Crippen LogP contribution < -0.4 is 10.4 Å². The third kappa shape index (κ3) is 1.52. The van der Waals surface area contributed by atoms with E-state index in [1.54, 1.807) is 12.1 Å². The van der Waals surface area contributed by atoms with E-state index in [0.29, 0.717) is 34.0 Å². The summed E-state index contributed by atoms with van der Waals surface area (Å²) in [6, 6.07) is 12.3. The van der Waals surface area contributed by atoms with Crippen LogP contribution in [0.25, 0.3) is 32.9 Å². The molecule has 0 unspecified atom stereocenters. The highest BCUT2D eigenvalue weighted by atomic mass is 16.5. The number of carbonyl (C=O) groups is 2. The van der Waals surface area contributed by atoms with E-state index >= 15 is 0 Å². The number of amides is 2. The Morgan fingerprint density at radius 1 is 0.926 bits per heavy atom. The molecule has 3 aromatic carbocycles. The summed E-state index contributed by atoms with van der Waals surface area (Å²) in [5.74, 6) is -1.30. The van der Waals surface area contributed by atoms with Crippen molar-refractivity contribution in [3.63, 3.8) is 0 Å². The lowest BCUT2D eigenvalue weighted by atomic mass is 9.92. The number of rotatable bonds is 0. The molecule has 0 spiro atoms. The number of nitrogens with one attached hydrogen (secondary N) is 1. The molecule has 6 rings (SSSR count). The molecule has 27 heavy (non-hydrogen) atoms. The molecule has 1 aliphatic carbocycles. The van der Waals surface area contributed by atoms with Crippen molar-refractivity contribution in [3.8, 4) is 16.9 Å². The minimum Gasteiger partial charge on any atom is -0.872 e. The quantitative estimate of drug-likeness (QED) is 0.330. The molecule has 2 heterocycles. The number of aromatic nitrogens is 1. The number of imide groups is 1. The summed E-state index contributed by atoms with van der Waals surface area (Å²) in [7, 11) is 0. The lowest BCUT2D eigenvalue weighted by molar-refractivity contribution is -0.265. The zero-order valence-corrected chi connectivity index (χ0v) is 13.9. The summed E-state index contributed by atoms with van der Waals surface area (Å²) in [6.07, 6.45) is 0.516. The predicted molar refractivity (Wildman–Crippen MR) is 96.1 cm³/mol. The van der Waals surface area contributed by atoms with Gasteiger partial charge < -0.3 is 10.3 Å². The number of hydrogen-bond donors (Lipinski definition) is 2. The molecule has 0 radical (unpaired) electrons. The molecular formula is C21H11N2O4-. The largest absolute Gasteiger partial charge is 0.872 e. The number of carbonyl (C=O) groups excluding carboxylic acids is 2. The highest BCUT2D eigenvalue weighted by Crippen LogP contribution is 2.49. The minimum absolute atomic E-state index is 0.173. The zero-order valence-electron chi connectivity index (χ0n) is 13.9. The Labute approximate surface area is 152 Å². The van der Waals surface area contributed by atoms with Crippen molar-refractivity contribution in [1.29, 1.82) is 0 Å². The first kappa shape index (κ1) is 14.4. The van der Waals surface area contributed by atoms with Gasteiger partial charge in [0.15, 0.2) is 0 Å². The summed E-state index contributed by atoms with van der Waals surface area (Å²) < 4.78 is 0.979.